The average molecular weight is 541 g/mol. The van der Waals surface area contributed by atoms with Crippen LogP contribution in [0.25, 0.3) is 10.9 Å². The maximum atomic E-state index is 13.5. The number of esters is 1. The van der Waals surface area contributed by atoms with Crippen LogP contribution in [0.5, 0.6) is 0 Å². The molecule has 1 aliphatic heterocycles. The highest BCUT2D eigenvalue weighted by molar-refractivity contribution is 7.80. The summed E-state index contributed by atoms with van der Waals surface area (Å²) in [4.78, 5) is 21.3. The number of carbonyl (C=O) groups excluding carboxylic acids is 1. The summed E-state index contributed by atoms with van der Waals surface area (Å²) in [6.45, 7) is 13.2. The van der Waals surface area contributed by atoms with Gasteiger partial charge in [0.15, 0.2) is 0 Å². The number of carbonyl (C=O) groups is 1. The van der Waals surface area contributed by atoms with Crippen molar-refractivity contribution in [3.05, 3.63) is 88.9 Å². The van der Waals surface area contributed by atoms with Gasteiger partial charge in [-0.1, -0.05) is 50.3 Å². The van der Waals surface area contributed by atoms with E-state index in [2.05, 4.69) is 72.8 Å². The lowest BCUT2D eigenvalue weighted by molar-refractivity contribution is 0.0247. The van der Waals surface area contributed by atoms with Crippen LogP contribution in [-0.2, 0) is 16.9 Å². The molecular weight excluding hydrogens is 504 g/mol. The summed E-state index contributed by atoms with van der Waals surface area (Å²) in [5.74, 6) is -0.376. The monoisotopic (exact) mass is 540 g/mol. The third kappa shape index (κ3) is 4.39. The summed E-state index contributed by atoms with van der Waals surface area (Å²) in [5.41, 5.74) is 5.65. The van der Waals surface area contributed by atoms with E-state index in [1.165, 1.54) is 0 Å². The highest BCUT2D eigenvalue weighted by Crippen LogP contribution is 2.52. The van der Waals surface area contributed by atoms with Crippen LogP contribution in [0.1, 0.15) is 73.4 Å². The van der Waals surface area contributed by atoms with Crippen LogP contribution in [0.15, 0.2) is 60.8 Å². The molecule has 0 saturated heterocycles. The lowest BCUT2D eigenvalue weighted by Gasteiger charge is -2.33. The molecule has 4 aromatic rings. The van der Waals surface area contributed by atoms with Gasteiger partial charge in [-0.2, -0.15) is 0 Å². The first-order valence-electron chi connectivity index (χ1n) is 13.8. The number of hydrogen-bond donors (Lipinski definition) is 1. The molecule has 0 amide bonds. The smallest absolute Gasteiger partial charge is 0.341 e. The van der Waals surface area contributed by atoms with Crippen LogP contribution in [-0.4, -0.2) is 33.6 Å². The summed E-state index contributed by atoms with van der Waals surface area (Å²) >= 11 is 5.55. The molecule has 0 spiro atoms. The van der Waals surface area contributed by atoms with E-state index >= 15 is 0 Å². The standard InChI is InChI=1S/C32H36N4O2S/c1-6-18-35(19-7-2)23-15-16-26(27(20-23)34-22(5)39)32(30-25(31(37)38-32)13-11-17-33-30)29-21(4)36(8-3)28-14-10-9-12-24(28)29/h9-17,20H,6-8,18-19H2,1-5H3,(H,34,39). The van der Waals surface area contributed by atoms with Gasteiger partial charge in [-0.05, 0) is 63.9 Å². The zero-order valence-corrected chi connectivity index (χ0v) is 24.2. The van der Waals surface area contributed by atoms with Crippen LogP contribution < -0.4 is 10.2 Å². The third-order valence-corrected chi connectivity index (χ3v) is 7.65. The number of rotatable bonds is 9. The Kier molecular flexibility index (Phi) is 7.45. The Bertz CT molecular complexity index is 1550. The number of cyclic esters (lactones) is 1. The Hall–Kier alpha value is -3.71. The van der Waals surface area contributed by atoms with Gasteiger partial charge < -0.3 is 19.5 Å². The van der Waals surface area contributed by atoms with Gasteiger partial charge in [0.05, 0.1) is 10.6 Å². The van der Waals surface area contributed by atoms with Gasteiger partial charge in [0.2, 0.25) is 5.60 Å². The van der Waals surface area contributed by atoms with E-state index in [4.69, 9.17) is 21.9 Å². The Morgan fingerprint density at radius 3 is 2.51 bits per heavy atom. The van der Waals surface area contributed by atoms with Crippen molar-refractivity contribution in [2.45, 2.75) is 59.6 Å². The topological polar surface area (TPSA) is 59.4 Å². The van der Waals surface area contributed by atoms with Gasteiger partial charge in [0.25, 0.3) is 0 Å². The third-order valence-electron chi connectivity index (χ3n) is 7.55. The number of nitrogens with one attached hydrogen (secondary N) is 1. The largest absolute Gasteiger partial charge is 0.439 e. The van der Waals surface area contributed by atoms with Crippen molar-refractivity contribution < 1.29 is 9.53 Å². The molecular formula is C32H36N4O2S. The second kappa shape index (κ2) is 10.8. The molecule has 7 heteroatoms. The molecule has 5 rings (SSSR count). The Balaban J connectivity index is 1.87. The first-order valence-corrected chi connectivity index (χ1v) is 14.2. The molecule has 202 valence electrons. The lowest BCUT2D eigenvalue weighted by atomic mass is 9.80. The van der Waals surface area contributed by atoms with Gasteiger partial charge in [-0.25, -0.2) is 4.79 Å². The summed E-state index contributed by atoms with van der Waals surface area (Å²) in [5, 5.41) is 4.47. The summed E-state index contributed by atoms with van der Waals surface area (Å²) < 4.78 is 8.82. The first-order chi connectivity index (χ1) is 18.9. The molecule has 39 heavy (non-hydrogen) atoms. The summed E-state index contributed by atoms with van der Waals surface area (Å²) in [6, 6.07) is 18.3. The minimum absolute atomic E-state index is 0.376. The fraction of sp³-hybridized carbons (Fsp3) is 0.344. The fourth-order valence-electron chi connectivity index (χ4n) is 6.10. The number of thiocarbonyl (C=S) groups is 1. The van der Waals surface area contributed by atoms with Gasteiger partial charge in [0.1, 0.15) is 5.69 Å². The highest BCUT2D eigenvalue weighted by atomic mass is 32.1. The van der Waals surface area contributed by atoms with Crippen molar-refractivity contribution in [1.29, 1.82) is 0 Å². The maximum Gasteiger partial charge on any atom is 0.341 e. The molecule has 0 saturated carbocycles. The molecule has 1 unspecified atom stereocenters. The van der Waals surface area contributed by atoms with Gasteiger partial charge in [0, 0.05) is 64.9 Å². The molecule has 2 aromatic heterocycles. The summed E-state index contributed by atoms with van der Waals surface area (Å²) in [7, 11) is 0. The lowest BCUT2D eigenvalue weighted by Crippen LogP contribution is -2.33. The fourth-order valence-corrected chi connectivity index (χ4v) is 6.21. The molecule has 0 fully saturated rings. The van der Waals surface area contributed by atoms with E-state index in [1.807, 2.05) is 19.1 Å². The molecule has 0 aliphatic carbocycles. The van der Waals surface area contributed by atoms with E-state index < -0.39 is 5.60 Å². The quantitative estimate of drug-likeness (QED) is 0.179. The summed E-state index contributed by atoms with van der Waals surface area (Å²) in [6.07, 6.45) is 3.83. The zero-order chi connectivity index (χ0) is 27.7. The molecule has 0 radical (unpaired) electrons. The van der Waals surface area contributed by atoms with Gasteiger partial charge in [-0.15, -0.1) is 0 Å². The molecule has 1 atom stereocenters. The number of ether oxygens (including phenoxy) is 1. The number of fused-ring (bicyclic) bond motifs is 2. The van der Waals surface area contributed by atoms with Crippen LogP contribution in [0, 0.1) is 6.92 Å². The Labute approximate surface area is 236 Å². The van der Waals surface area contributed by atoms with Crippen molar-refractivity contribution in [1.82, 2.24) is 9.55 Å². The second-order valence-electron chi connectivity index (χ2n) is 10.1. The number of aryl methyl sites for hydroxylation is 1. The van der Waals surface area contributed by atoms with Crippen molar-refractivity contribution in [2.75, 3.05) is 23.3 Å². The maximum absolute atomic E-state index is 13.5. The van der Waals surface area contributed by atoms with Crippen molar-refractivity contribution in [2.24, 2.45) is 0 Å². The predicted octanol–water partition coefficient (Wildman–Crippen LogP) is 7.21. The molecule has 1 aliphatic rings. The molecule has 2 aromatic carbocycles. The normalized spacial score (nSPS) is 16.3. The number of benzene rings is 2. The van der Waals surface area contributed by atoms with E-state index in [0.717, 1.165) is 71.6 Å². The van der Waals surface area contributed by atoms with E-state index in [-0.39, 0.29) is 5.97 Å². The predicted molar refractivity (Wildman–Crippen MR) is 163 cm³/mol. The number of para-hydroxylation sites is 1. The molecule has 6 nitrogen and oxygen atoms in total. The van der Waals surface area contributed by atoms with Crippen molar-refractivity contribution in [3.8, 4) is 0 Å². The number of pyridine rings is 1. The van der Waals surface area contributed by atoms with Crippen LogP contribution in [0.4, 0.5) is 11.4 Å². The van der Waals surface area contributed by atoms with Gasteiger partial charge in [-0.3, -0.25) is 4.98 Å². The molecule has 3 heterocycles. The van der Waals surface area contributed by atoms with Crippen LogP contribution in [0.2, 0.25) is 0 Å². The molecule has 1 N–H and O–H groups in total. The minimum atomic E-state index is -1.25. The van der Waals surface area contributed by atoms with E-state index in [9.17, 15) is 4.79 Å². The second-order valence-corrected chi connectivity index (χ2v) is 10.7. The molecule has 0 bridgehead atoms. The number of aromatic nitrogens is 2. The Morgan fingerprint density at radius 2 is 1.82 bits per heavy atom. The number of anilines is 2. The number of nitrogens with zero attached hydrogens (tertiary/aromatic N) is 3. The van der Waals surface area contributed by atoms with Gasteiger partial charge >= 0.3 is 5.97 Å². The number of hydrogen-bond acceptors (Lipinski definition) is 5. The Morgan fingerprint density at radius 1 is 1.08 bits per heavy atom. The van der Waals surface area contributed by atoms with E-state index in [0.29, 0.717) is 16.2 Å². The van der Waals surface area contributed by atoms with Crippen LogP contribution in [0.3, 0.4) is 0 Å². The van der Waals surface area contributed by atoms with Crippen LogP contribution >= 0.6 is 12.2 Å². The average Bonchev–Trinajstić information content (AvgIpc) is 3.39. The highest BCUT2D eigenvalue weighted by Gasteiger charge is 2.53. The van der Waals surface area contributed by atoms with E-state index in [1.54, 1.807) is 18.3 Å². The first kappa shape index (κ1) is 26.9. The SMILES string of the molecule is CCCN(CCC)c1ccc(C2(c3c(C)n(CC)c4ccccc34)OC(=O)c3cccnc32)c(NC(C)=S)c1. The van der Waals surface area contributed by atoms with Crippen molar-refractivity contribution in [3.63, 3.8) is 0 Å². The minimum Gasteiger partial charge on any atom is -0.439 e. The van der Waals surface area contributed by atoms with Crippen molar-refractivity contribution >= 4 is 45.5 Å². The zero-order valence-electron chi connectivity index (χ0n) is 23.4.